The highest BCUT2D eigenvalue weighted by Gasteiger charge is 2.15. The molecule has 1 atom stereocenters. The molecular weight excluding hydrogens is 234 g/mol. The zero-order valence-electron chi connectivity index (χ0n) is 11.3. The molecule has 4 heteroatoms. The third kappa shape index (κ3) is 4.26. The van der Waals surface area contributed by atoms with Crippen LogP contribution in [0.25, 0.3) is 0 Å². The summed E-state index contributed by atoms with van der Waals surface area (Å²) in [6, 6.07) is 7.88. The molecule has 102 valence electrons. The minimum Gasteiger partial charge on any atom is -0.369 e. The maximum atomic E-state index is 12.4. The Hall–Kier alpha value is -1.16. The topological polar surface area (TPSA) is 15.3 Å². The van der Waals surface area contributed by atoms with Crippen LogP contribution < -0.4 is 10.2 Å². The lowest BCUT2D eigenvalue weighted by Gasteiger charge is -2.25. The summed E-state index contributed by atoms with van der Waals surface area (Å²) < 4.78 is 24.9. The molecule has 1 N–H and O–H groups in total. The zero-order chi connectivity index (χ0) is 13.5. The van der Waals surface area contributed by atoms with Gasteiger partial charge in [-0.2, -0.15) is 0 Å². The third-order valence-corrected chi connectivity index (χ3v) is 2.93. The number of rotatable bonds is 7. The van der Waals surface area contributed by atoms with Crippen LogP contribution in [0.1, 0.15) is 31.9 Å². The van der Waals surface area contributed by atoms with Crippen molar-refractivity contribution in [2.45, 2.75) is 32.7 Å². The number of benzene rings is 1. The highest BCUT2D eigenvalue weighted by Crippen LogP contribution is 2.25. The summed E-state index contributed by atoms with van der Waals surface area (Å²) in [7, 11) is 1.71. The summed E-state index contributed by atoms with van der Waals surface area (Å²) in [5, 5.41) is 3.38. The van der Waals surface area contributed by atoms with E-state index in [4.69, 9.17) is 0 Å². The van der Waals surface area contributed by atoms with Crippen molar-refractivity contribution in [2.75, 3.05) is 25.0 Å². The van der Waals surface area contributed by atoms with Crippen LogP contribution in [0.3, 0.4) is 0 Å². The van der Waals surface area contributed by atoms with Crippen molar-refractivity contribution < 1.29 is 8.78 Å². The van der Waals surface area contributed by atoms with Gasteiger partial charge in [-0.05, 0) is 31.5 Å². The van der Waals surface area contributed by atoms with Crippen molar-refractivity contribution in [3.8, 4) is 0 Å². The first-order valence-corrected chi connectivity index (χ1v) is 6.37. The largest absolute Gasteiger partial charge is 0.369 e. The number of para-hydroxylation sites is 1. The maximum Gasteiger partial charge on any atom is 0.255 e. The number of nitrogens with one attached hydrogen (secondary N) is 1. The van der Waals surface area contributed by atoms with Gasteiger partial charge in [-0.25, -0.2) is 8.78 Å². The minimum absolute atomic E-state index is 0.168. The van der Waals surface area contributed by atoms with E-state index in [0.29, 0.717) is 0 Å². The summed E-state index contributed by atoms with van der Waals surface area (Å²) in [5.74, 6) is 0. The van der Waals surface area contributed by atoms with Gasteiger partial charge < -0.3 is 10.2 Å². The van der Waals surface area contributed by atoms with Gasteiger partial charge in [0.1, 0.15) is 0 Å². The lowest BCUT2D eigenvalue weighted by Crippen LogP contribution is -2.27. The molecule has 0 aliphatic carbocycles. The average Bonchev–Trinajstić information content (AvgIpc) is 2.35. The molecule has 1 aromatic rings. The van der Waals surface area contributed by atoms with E-state index in [1.54, 1.807) is 11.9 Å². The highest BCUT2D eigenvalue weighted by molar-refractivity contribution is 5.54. The summed E-state index contributed by atoms with van der Waals surface area (Å²) >= 11 is 0. The second-order valence-corrected chi connectivity index (χ2v) is 4.51. The Labute approximate surface area is 108 Å². The Morgan fingerprint density at radius 1 is 1.28 bits per heavy atom. The van der Waals surface area contributed by atoms with Gasteiger partial charge in [0.05, 0.1) is 6.54 Å². The van der Waals surface area contributed by atoms with E-state index in [1.807, 2.05) is 24.3 Å². The van der Waals surface area contributed by atoms with Crippen LogP contribution in [-0.2, 0) is 0 Å². The second kappa shape index (κ2) is 7.31. The van der Waals surface area contributed by atoms with Crippen LogP contribution in [0, 0.1) is 0 Å². The molecule has 0 heterocycles. The number of hydrogen-bond acceptors (Lipinski definition) is 2. The van der Waals surface area contributed by atoms with E-state index in [0.717, 1.165) is 24.2 Å². The molecule has 0 saturated carbocycles. The molecule has 0 radical (unpaired) electrons. The van der Waals surface area contributed by atoms with Crippen molar-refractivity contribution in [1.29, 1.82) is 0 Å². The number of alkyl halides is 2. The summed E-state index contributed by atoms with van der Waals surface area (Å²) in [5.41, 5.74) is 1.93. The predicted molar refractivity (Wildman–Crippen MR) is 72.4 cm³/mol. The number of nitrogens with zero attached hydrogens (tertiary/aromatic N) is 1. The first kappa shape index (κ1) is 14.9. The van der Waals surface area contributed by atoms with Crippen LogP contribution in [0.2, 0.25) is 0 Å². The van der Waals surface area contributed by atoms with Gasteiger partial charge in [-0.15, -0.1) is 0 Å². The van der Waals surface area contributed by atoms with Crippen molar-refractivity contribution in [3.63, 3.8) is 0 Å². The normalized spacial score (nSPS) is 12.8. The molecule has 0 amide bonds. The van der Waals surface area contributed by atoms with Crippen molar-refractivity contribution in [3.05, 3.63) is 29.8 Å². The van der Waals surface area contributed by atoms with E-state index in [2.05, 4.69) is 19.2 Å². The lowest BCUT2D eigenvalue weighted by molar-refractivity contribution is 0.156. The summed E-state index contributed by atoms with van der Waals surface area (Å²) in [6.07, 6.45) is -1.26. The van der Waals surface area contributed by atoms with Gasteiger partial charge in [0.2, 0.25) is 0 Å². The fourth-order valence-electron chi connectivity index (χ4n) is 1.98. The number of anilines is 1. The summed E-state index contributed by atoms with van der Waals surface area (Å²) in [4.78, 5) is 1.62. The van der Waals surface area contributed by atoms with Crippen LogP contribution >= 0.6 is 0 Å². The van der Waals surface area contributed by atoms with Gasteiger partial charge >= 0.3 is 0 Å². The van der Waals surface area contributed by atoms with Gasteiger partial charge in [0.25, 0.3) is 6.43 Å². The Kier molecular flexibility index (Phi) is 6.05. The highest BCUT2D eigenvalue weighted by atomic mass is 19.3. The maximum absolute atomic E-state index is 12.4. The fourth-order valence-corrected chi connectivity index (χ4v) is 1.98. The molecule has 1 aromatic carbocycles. The Morgan fingerprint density at radius 2 is 1.94 bits per heavy atom. The lowest BCUT2D eigenvalue weighted by atomic mass is 10.1. The quantitative estimate of drug-likeness (QED) is 0.804. The molecule has 0 aromatic heterocycles. The second-order valence-electron chi connectivity index (χ2n) is 4.51. The van der Waals surface area contributed by atoms with E-state index in [-0.39, 0.29) is 12.6 Å². The zero-order valence-corrected chi connectivity index (χ0v) is 11.3. The minimum atomic E-state index is -2.32. The molecule has 2 nitrogen and oxygen atoms in total. The molecular formula is C14H22F2N2. The Morgan fingerprint density at radius 3 is 2.56 bits per heavy atom. The fraction of sp³-hybridized carbons (Fsp3) is 0.571. The average molecular weight is 256 g/mol. The molecule has 0 aliphatic rings. The Balaban J connectivity index is 2.84. The molecule has 0 saturated heterocycles. The first-order chi connectivity index (χ1) is 8.56. The molecule has 1 rings (SSSR count). The SMILES string of the molecule is CCCNC(C)c1ccccc1N(C)CC(F)F. The van der Waals surface area contributed by atoms with Gasteiger partial charge in [0.15, 0.2) is 0 Å². The smallest absolute Gasteiger partial charge is 0.255 e. The first-order valence-electron chi connectivity index (χ1n) is 6.37. The molecule has 1 unspecified atom stereocenters. The molecule has 0 fully saturated rings. The molecule has 0 bridgehead atoms. The Bertz CT molecular complexity index is 355. The summed E-state index contributed by atoms with van der Waals surface area (Å²) in [6.45, 7) is 4.85. The molecule has 0 spiro atoms. The number of halogens is 2. The van der Waals surface area contributed by atoms with Crippen molar-refractivity contribution in [1.82, 2.24) is 5.32 Å². The van der Waals surface area contributed by atoms with E-state index in [1.165, 1.54) is 0 Å². The van der Waals surface area contributed by atoms with Crippen LogP contribution in [0.4, 0.5) is 14.5 Å². The number of hydrogen-bond donors (Lipinski definition) is 1. The monoisotopic (exact) mass is 256 g/mol. The molecule has 0 aliphatic heterocycles. The molecule has 18 heavy (non-hydrogen) atoms. The van der Waals surface area contributed by atoms with Crippen LogP contribution in [0.5, 0.6) is 0 Å². The van der Waals surface area contributed by atoms with E-state index in [9.17, 15) is 8.78 Å². The van der Waals surface area contributed by atoms with Crippen LogP contribution in [0.15, 0.2) is 24.3 Å². The van der Waals surface area contributed by atoms with E-state index < -0.39 is 6.43 Å². The van der Waals surface area contributed by atoms with E-state index >= 15 is 0 Å². The van der Waals surface area contributed by atoms with Crippen LogP contribution in [-0.4, -0.2) is 26.6 Å². The predicted octanol–water partition coefficient (Wildman–Crippen LogP) is 3.45. The van der Waals surface area contributed by atoms with Crippen molar-refractivity contribution >= 4 is 5.69 Å². The van der Waals surface area contributed by atoms with Gasteiger partial charge in [-0.3, -0.25) is 0 Å². The van der Waals surface area contributed by atoms with Crippen molar-refractivity contribution in [2.24, 2.45) is 0 Å². The standard InChI is InChI=1S/C14H22F2N2/c1-4-9-17-11(2)12-7-5-6-8-13(12)18(3)10-14(15)16/h5-8,11,14,17H,4,9-10H2,1-3H3. The van der Waals surface area contributed by atoms with Gasteiger partial charge in [-0.1, -0.05) is 25.1 Å². The third-order valence-electron chi connectivity index (χ3n) is 2.93. The van der Waals surface area contributed by atoms with Gasteiger partial charge in [0, 0.05) is 18.8 Å².